The molecule has 2 atom stereocenters. The molecular formula is C10H8LiNO2. The summed E-state index contributed by atoms with van der Waals surface area (Å²) in [5.74, 6) is 0. The molecule has 0 aliphatic rings. The smallest absolute Gasteiger partial charge is 0.843 e. The van der Waals surface area contributed by atoms with Gasteiger partial charge in [0.2, 0.25) is 6.29 Å². The second kappa shape index (κ2) is 6.40. The van der Waals surface area contributed by atoms with E-state index in [0.29, 0.717) is 11.8 Å². The van der Waals surface area contributed by atoms with Crippen LogP contribution in [0.3, 0.4) is 0 Å². The van der Waals surface area contributed by atoms with E-state index in [1.54, 1.807) is 30.3 Å². The normalized spacial score (nSPS) is 13.1. The Labute approximate surface area is 94.7 Å². The first-order valence-corrected chi connectivity index (χ1v) is 3.82. The van der Waals surface area contributed by atoms with Crippen molar-refractivity contribution in [3.8, 4) is 0 Å². The summed E-state index contributed by atoms with van der Waals surface area (Å²) in [6.07, 6.45) is -0.867. The summed E-state index contributed by atoms with van der Waals surface area (Å²) in [6, 6.07) is 7.35. The molecule has 0 aliphatic carbocycles. The average Bonchev–Trinajstić information content (AvgIpc) is 2.21. The van der Waals surface area contributed by atoms with Gasteiger partial charge in [0, 0.05) is 0 Å². The summed E-state index contributed by atoms with van der Waals surface area (Å²) >= 11 is 0. The number of carbonyl (C=O) groups excluding carboxylic acids is 1. The molecule has 0 amide bonds. The Hall–Kier alpha value is -1.06. The largest absolute Gasteiger partial charge is 1.00 e. The van der Waals surface area contributed by atoms with Gasteiger partial charge in [0.1, 0.15) is 0 Å². The number of carbonyl (C=O) groups is 1. The maximum Gasteiger partial charge on any atom is 1.00 e. The van der Waals surface area contributed by atoms with E-state index in [0.717, 1.165) is 0 Å². The molecule has 2 unspecified atom stereocenters. The molecule has 66 valence electrons. The first-order chi connectivity index (χ1) is 6.29. The predicted molar refractivity (Wildman–Crippen MR) is 45.6 cm³/mol. The Morgan fingerprint density at radius 1 is 1.36 bits per heavy atom. The molecular weight excluding hydrogens is 173 g/mol. The van der Waals surface area contributed by atoms with E-state index in [-0.39, 0.29) is 18.9 Å². The third-order valence-corrected chi connectivity index (χ3v) is 1.73. The zero-order valence-electron chi connectivity index (χ0n) is 7.88. The van der Waals surface area contributed by atoms with Crippen molar-refractivity contribution in [1.82, 2.24) is 0 Å². The third-order valence-electron chi connectivity index (χ3n) is 1.73. The maximum absolute atomic E-state index is 11.4. The fourth-order valence-electron chi connectivity index (χ4n) is 1.01. The summed E-state index contributed by atoms with van der Waals surface area (Å²) in [5, 5.41) is 11.4. The molecule has 1 rings (SSSR count). The van der Waals surface area contributed by atoms with Gasteiger partial charge in [-0.2, -0.15) is 0 Å². The number of aldehydes is 1. The second-order valence-corrected chi connectivity index (χ2v) is 2.59. The molecule has 0 bridgehead atoms. The Bertz CT molecular complexity index is 321. The fourth-order valence-corrected chi connectivity index (χ4v) is 1.01. The molecule has 0 fully saturated rings. The van der Waals surface area contributed by atoms with Crippen molar-refractivity contribution in [1.29, 1.82) is 0 Å². The van der Waals surface area contributed by atoms with E-state index < -0.39 is 12.1 Å². The van der Waals surface area contributed by atoms with Crippen molar-refractivity contribution in [3.05, 3.63) is 47.3 Å². The monoisotopic (exact) mass is 181 g/mol. The van der Waals surface area contributed by atoms with Gasteiger partial charge >= 0.3 is 18.9 Å². The van der Waals surface area contributed by atoms with E-state index in [1.807, 2.05) is 0 Å². The van der Waals surface area contributed by atoms with Crippen LogP contribution in [0.15, 0.2) is 30.3 Å². The van der Waals surface area contributed by atoms with Crippen LogP contribution in [0.4, 0.5) is 0 Å². The van der Waals surface area contributed by atoms with Crippen LogP contribution in [-0.4, -0.2) is 12.3 Å². The van der Waals surface area contributed by atoms with Crippen LogP contribution in [0.2, 0.25) is 0 Å². The van der Waals surface area contributed by atoms with Crippen LogP contribution in [0.25, 0.3) is 4.85 Å². The molecule has 1 aromatic carbocycles. The predicted octanol–water partition coefficient (Wildman–Crippen LogP) is -2.42. The second-order valence-electron chi connectivity index (χ2n) is 2.59. The number of hydrogen-bond donors (Lipinski definition) is 0. The van der Waals surface area contributed by atoms with Gasteiger partial charge < -0.3 is 9.95 Å². The van der Waals surface area contributed by atoms with Crippen molar-refractivity contribution in [3.63, 3.8) is 0 Å². The Kier molecular flexibility index (Phi) is 5.91. The van der Waals surface area contributed by atoms with Gasteiger partial charge in [0.15, 0.2) is 0 Å². The topological polar surface area (TPSA) is 44.5 Å². The quantitative estimate of drug-likeness (QED) is 0.296. The molecule has 0 spiro atoms. The molecule has 0 heterocycles. The van der Waals surface area contributed by atoms with Gasteiger partial charge in [-0.15, -0.1) is 0 Å². The van der Waals surface area contributed by atoms with E-state index in [2.05, 4.69) is 4.85 Å². The van der Waals surface area contributed by atoms with Crippen molar-refractivity contribution in [2.45, 2.75) is 12.1 Å². The third kappa shape index (κ3) is 3.01. The van der Waals surface area contributed by atoms with Crippen LogP contribution < -0.4 is 24.0 Å². The Morgan fingerprint density at radius 3 is 2.36 bits per heavy atom. The minimum atomic E-state index is -1.27. The zero-order chi connectivity index (χ0) is 9.68. The standard InChI is InChI=1S/C10H8NO2.Li/c1-11-9(7-12)10(13)8-5-3-2-4-6-8;/h2-7,9-10H;/q-1;+1. The number of nitrogens with zero attached hydrogens (tertiary/aromatic N) is 1. The average molecular weight is 181 g/mol. The molecule has 0 saturated carbocycles. The zero-order valence-corrected chi connectivity index (χ0v) is 7.88. The van der Waals surface area contributed by atoms with Gasteiger partial charge in [-0.25, -0.2) is 6.57 Å². The van der Waals surface area contributed by atoms with Crippen molar-refractivity contribution >= 4 is 6.29 Å². The summed E-state index contributed by atoms with van der Waals surface area (Å²) in [7, 11) is 0. The maximum atomic E-state index is 11.4. The molecule has 4 heteroatoms. The fraction of sp³-hybridized carbons (Fsp3) is 0.200. The van der Waals surface area contributed by atoms with Gasteiger partial charge in [-0.3, -0.25) is 4.79 Å². The van der Waals surface area contributed by atoms with E-state index >= 15 is 0 Å². The minimum absolute atomic E-state index is 0. The minimum Gasteiger partial charge on any atom is -0.843 e. The Morgan fingerprint density at radius 2 is 1.93 bits per heavy atom. The number of rotatable bonds is 3. The van der Waals surface area contributed by atoms with E-state index in [4.69, 9.17) is 6.57 Å². The summed E-state index contributed by atoms with van der Waals surface area (Å²) < 4.78 is 0. The van der Waals surface area contributed by atoms with Crippen LogP contribution in [-0.2, 0) is 4.79 Å². The van der Waals surface area contributed by atoms with Crippen LogP contribution >= 0.6 is 0 Å². The van der Waals surface area contributed by atoms with Crippen LogP contribution in [0.5, 0.6) is 0 Å². The Balaban J connectivity index is 0.00000169. The first-order valence-electron chi connectivity index (χ1n) is 3.82. The van der Waals surface area contributed by atoms with Crippen molar-refractivity contribution in [2.24, 2.45) is 0 Å². The molecule has 0 radical (unpaired) electrons. The molecule has 0 aliphatic heterocycles. The summed E-state index contributed by atoms with van der Waals surface area (Å²) in [5.41, 5.74) is 0.482. The molecule has 1 aromatic rings. The molecule has 0 aromatic heterocycles. The number of hydrogen-bond acceptors (Lipinski definition) is 2. The van der Waals surface area contributed by atoms with Crippen molar-refractivity contribution < 1.29 is 28.8 Å². The molecule has 3 nitrogen and oxygen atoms in total. The molecule has 0 saturated heterocycles. The molecule has 0 N–H and O–H groups in total. The molecule has 14 heavy (non-hydrogen) atoms. The summed E-state index contributed by atoms with van der Waals surface area (Å²) in [4.78, 5) is 13.3. The summed E-state index contributed by atoms with van der Waals surface area (Å²) in [6.45, 7) is 6.63. The van der Waals surface area contributed by atoms with E-state index in [1.165, 1.54) is 0 Å². The van der Waals surface area contributed by atoms with Gasteiger partial charge in [0.25, 0.3) is 6.04 Å². The van der Waals surface area contributed by atoms with Crippen molar-refractivity contribution in [2.75, 3.05) is 0 Å². The van der Waals surface area contributed by atoms with Gasteiger partial charge in [-0.05, 0) is 6.10 Å². The van der Waals surface area contributed by atoms with Gasteiger partial charge in [0.05, 0.1) is 0 Å². The van der Waals surface area contributed by atoms with Crippen LogP contribution in [0.1, 0.15) is 11.7 Å². The van der Waals surface area contributed by atoms with Gasteiger partial charge in [-0.1, -0.05) is 35.9 Å². The van der Waals surface area contributed by atoms with E-state index in [9.17, 15) is 9.90 Å². The van der Waals surface area contributed by atoms with Crippen LogP contribution in [0, 0.1) is 6.57 Å². The number of benzene rings is 1. The first kappa shape index (κ1) is 12.9. The SMILES string of the molecule is [C-]#[N+]C(C=O)C([O-])c1ccccc1.[Li+].